The van der Waals surface area contributed by atoms with E-state index in [4.69, 9.17) is 17.3 Å². The summed E-state index contributed by atoms with van der Waals surface area (Å²) >= 11 is 5.85. The van der Waals surface area contributed by atoms with E-state index < -0.39 is 15.8 Å². The maximum Gasteiger partial charge on any atom is 0.239 e. The van der Waals surface area contributed by atoms with Crippen LogP contribution in [0.25, 0.3) is 0 Å². The first-order valence-corrected chi connectivity index (χ1v) is 6.64. The summed E-state index contributed by atoms with van der Waals surface area (Å²) in [6.07, 6.45) is 0. The van der Waals surface area contributed by atoms with Crippen molar-refractivity contribution in [2.45, 2.75) is 12.7 Å². The Morgan fingerprint density at radius 1 is 1.62 bits per heavy atom. The Labute approximate surface area is 97.8 Å². The zero-order chi connectivity index (χ0) is 12.1. The van der Waals surface area contributed by atoms with Crippen LogP contribution in [0.15, 0.2) is 6.07 Å². The van der Waals surface area contributed by atoms with Gasteiger partial charge in [-0.2, -0.15) is 0 Å². The Hall–Kier alpha value is -1.01. The molecule has 0 atom stereocenters. The molecule has 0 radical (unpaired) electrons. The average molecular weight is 265 g/mol. The number of hydrogen-bond acceptors (Lipinski definition) is 3. The van der Waals surface area contributed by atoms with Crippen molar-refractivity contribution in [1.82, 2.24) is 0 Å². The van der Waals surface area contributed by atoms with Crippen molar-refractivity contribution in [3.05, 3.63) is 22.5 Å². The van der Waals surface area contributed by atoms with Gasteiger partial charge in [0.15, 0.2) is 0 Å². The highest BCUT2D eigenvalue weighted by atomic mass is 35.5. The topological polar surface area (TPSA) is 63.4 Å². The van der Waals surface area contributed by atoms with Crippen molar-refractivity contribution >= 4 is 33.0 Å². The van der Waals surface area contributed by atoms with Crippen molar-refractivity contribution in [2.75, 3.05) is 16.6 Å². The van der Waals surface area contributed by atoms with Crippen LogP contribution in [0, 0.1) is 5.82 Å². The molecule has 2 rings (SSSR count). The maximum absolute atomic E-state index is 13.3. The largest absolute Gasteiger partial charge is 0.396 e. The van der Waals surface area contributed by atoms with Crippen LogP contribution in [0.4, 0.5) is 15.8 Å². The predicted molar refractivity (Wildman–Crippen MR) is 61.5 cm³/mol. The minimum Gasteiger partial charge on any atom is -0.396 e. The van der Waals surface area contributed by atoms with Crippen LogP contribution in [0.5, 0.6) is 0 Å². The molecular weight excluding hydrogens is 255 g/mol. The molecule has 0 aliphatic carbocycles. The average Bonchev–Trinajstić information content (AvgIpc) is 2.46. The molecule has 0 fully saturated rings. The molecule has 1 aliphatic heterocycles. The summed E-state index contributed by atoms with van der Waals surface area (Å²) < 4.78 is 38.0. The smallest absolute Gasteiger partial charge is 0.239 e. The third kappa shape index (κ3) is 1.44. The first-order chi connectivity index (χ1) is 7.38. The predicted octanol–water partition coefficient (Wildman–Crippen LogP) is 1.73. The maximum atomic E-state index is 13.3. The van der Waals surface area contributed by atoms with Crippen LogP contribution in [0.1, 0.15) is 12.5 Å². The quantitative estimate of drug-likeness (QED) is 0.786. The lowest BCUT2D eigenvalue weighted by Crippen LogP contribution is -2.26. The highest BCUT2D eigenvalue weighted by Crippen LogP contribution is 2.43. The Kier molecular flexibility index (Phi) is 2.51. The van der Waals surface area contributed by atoms with Gasteiger partial charge in [0.05, 0.1) is 22.2 Å². The van der Waals surface area contributed by atoms with Crippen LogP contribution < -0.4 is 10.0 Å². The van der Waals surface area contributed by atoms with Crippen molar-refractivity contribution in [1.29, 1.82) is 0 Å². The van der Waals surface area contributed by atoms with Crippen molar-refractivity contribution in [3.63, 3.8) is 0 Å². The van der Waals surface area contributed by atoms with Crippen LogP contribution >= 0.6 is 11.6 Å². The summed E-state index contributed by atoms with van der Waals surface area (Å²) in [6.45, 7) is 1.93. The monoisotopic (exact) mass is 264 g/mol. The standard InChI is InChI=1S/C9H10ClFN2O2S/c1-2-13-9-5(4-16(13,14)15)8(12)7(11)3-6(9)10/h3H,2,4,12H2,1H3. The Balaban J connectivity index is 2.77. The van der Waals surface area contributed by atoms with Gasteiger partial charge in [-0.1, -0.05) is 11.6 Å². The fourth-order valence-electron chi connectivity index (χ4n) is 1.84. The summed E-state index contributed by atoms with van der Waals surface area (Å²) in [5.74, 6) is -0.976. The van der Waals surface area contributed by atoms with E-state index in [-0.39, 0.29) is 28.6 Å². The number of halogens is 2. The molecule has 0 bridgehead atoms. The van der Waals surface area contributed by atoms with E-state index in [0.717, 1.165) is 10.4 Å². The second-order valence-electron chi connectivity index (χ2n) is 3.50. The number of nitrogens with two attached hydrogens (primary N) is 1. The SMILES string of the molecule is CCN1c2c(Cl)cc(F)c(N)c2CS1(=O)=O. The molecule has 88 valence electrons. The lowest BCUT2D eigenvalue weighted by atomic mass is 10.1. The summed E-state index contributed by atoms with van der Waals surface area (Å²) in [6, 6.07) is 1.04. The molecule has 0 unspecified atom stereocenters. The molecule has 0 saturated carbocycles. The molecule has 0 amide bonds. The van der Waals surface area contributed by atoms with Gasteiger partial charge in [0.25, 0.3) is 0 Å². The minimum atomic E-state index is -3.46. The number of rotatable bonds is 1. The number of sulfonamides is 1. The van der Waals surface area contributed by atoms with E-state index in [1.165, 1.54) is 0 Å². The van der Waals surface area contributed by atoms with E-state index in [1.807, 2.05) is 0 Å². The fraction of sp³-hybridized carbons (Fsp3) is 0.333. The van der Waals surface area contributed by atoms with Gasteiger partial charge in [-0.05, 0) is 13.0 Å². The molecule has 0 spiro atoms. The number of nitrogen functional groups attached to an aromatic ring is 1. The Bertz CT molecular complexity index is 559. The highest BCUT2D eigenvalue weighted by Gasteiger charge is 2.36. The molecule has 1 aromatic rings. The zero-order valence-corrected chi connectivity index (χ0v) is 10.1. The van der Waals surface area contributed by atoms with Crippen molar-refractivity contribution in [3.8, 4) is 0 Å². The first-order valence-electron chi connectivity index (χ1n) is 4.65. The molecule has 0 saturated heterocycles. The zero-order valence-electron chi connectivity index (χ0n) is 8.50. The number of anilines is 2. The number of benzene rings is 1. The van der Waals surface area contributed by atoms with Crippen LogP contribution in [-0.2, 0) is 15.8 Å². The third-order valence-electron chi connectivity index (χ3n) is 2.55. The second-order valence-corrected chi connectivity index (χ2v) is 5.80. The molecule has 7 heteroatoms. The van der Waals surface area contributed by atoms with E-state index in [9.17, 15) is 12.8 Å². The molecule has 1 aliphatic rings. The number of fused-ring (bicyclic) bond motifs is 1. The highest BCUT2D eigenvalue weighted by molar-refractivity contribution is 7.92. The molecular formula is C9H10ClFN2O2S. The van der Waals surface area contributed by atoms with Gasteiger partial charge in [-0.15, -0.1) is 0 Å². The lowest BCUT2D eigenvalue weighted by molar-refractivity contribution is 0.594. The van der Waals surface area contributed by atoms with Crippen molar-refractivity contribution < 1.29 is 12.8 Å². The Morgan fingerprint density at radius 2 is 2.25 bits per heavy atom. The summed E-state index contributed by atoms with van der Waals surface area (Å²) in [4.78, 5) is 0. The van der Waals surface area contributed by atoms with Gasteiger partial charge in [0, 0.05) is 12.1 Å². The third-order valence-corrected chi connectivity index (χ3v) is 4.60. The van der Waals surface area contributed by atoms with Crippen LogP contribution in [-0.4, -0.2) is 15.0 Å². The van der Waals surface area contributed by atoms with Gasteiger partial charge >= 0.3 is 0 Å². The molecule has 2 N–H and O–H groups in total. The molecule has 16 heavy (non-hydrogen) atoms. The van der Waals surface area contributed by atoms with E-state index in [2.05, 4.69) is 0 Å². The first kappa shape index (κ1) is 11.5. The van der Waals surface area contributed by atoms with E-state index in [1.54, 1.807) is 6.92 Å². The molecule has 0 aromatic heterocycles. The van der Waals surface area contributed by atoms with Gasteiger partial charge in [0.1, 0.15) is 5.82 Å². The molecule has 1 aromatic carbocycles. The van der Waals surface area contributed by atoms with Gasteiger partial charge in [-0.25, -0.2) is 12.8 Å². The van der Waals surface area contributed by atoms with Crippen LogP contribution in [0.2, 0.25) is 5.02 Å². The van der Waals surface area contributed by atoms with E-state index in [0.29, 0.717) is 5.69 Å². The van der Waals surface area contributed by atoms with Gasteiger partial charge in [0.2, 0.25) is 10.0 Å². The van der Waals surface area contributed by atoms with Crippen LogP contribution in [0.3, 0.4) is 0 Å². The number of hydrogen-bond donors (Lipinski definition) is 1. The molecule has 4 nitrogen and oxygen atoms in total. The molecule has 1 heterocycles. The van der Waals surface area contributed by atoms with Gasteiger partial charge < -0.3 is 5.73 Å². The normalized spacial score (nSPS) is 17.6. The minimum absolute atomic E-state index is 0.0737. The van der Waals surface area contributed by atoms with E-state index >= 15 is 0 Å². The summed E-state index contributed by atoms with van der Waals surface area (Å²) in [5.41, 5.74) is 5.94. The number of nitrogens with zero attached hydrogens (tertiary/aromatic N) is 1. The fourth-order valence-corrected chi connectivity index (χ4v) is 3.90. The summed E-state index contributed by atoms with van der Waals surface area (Å²) in [7, 11) is -3.46. The van der Waals surface area contributed by atoms with Crippen molar-refractivity contribution in [2.24, 2.45) is 0 Å². The van der Waals surface area contributed by atoms with Gasteiger partial charge in [-0.3, -0.25) is 4.31 Å². The summed E-state index contributed by atoms with van der Waals surface area (Å²) in [5, 5.41) is 0.0737. The lowest BCUT2D eigenvalue weighted by Gasteiger charge is -2.17. The second kappa shape index (κ2) is 3.49. The Morgan fingerprint density at radius 3 is 2.81 bits per heavy atom.